The second kappa shape index (κ2) is 7.64. The Hall–Kier alpha value is -2.25. The van der Waals surface area contributed by atoms with Crippen LogP contribution >= 0.6 is 11.6 Å². The first-order valence-electron chi connectivity index (χ1n) is 9.31. The molecule has 1 unspecified atom stereocenters. The van der Waals surface area contributed by atoms with Gasteiger partial charge in [0.1, 0.15) is 11.5 Å². The molecule has 2 fully saturated rings. The first-order chi connectivity index (χ1) is 13.4. The highest BCUT2D eigenvalue weighted by Crippen LogP contribution is 2.40. The molecule has 1 aromatic heterocycles. The van der Waals surface area contributed by atoms with E-state index in [9.17, 15) is 14.0 Å². The number of carbonyl (C=O) groups excluding carboxylic acids is 2. The number of hydrogen-bond donors (Lipinski definition) is 0. The van der Waals surface area contributed by atoms with Crippen molar-refractivity contribution in [3.8, 4) is 0 Å². The van der Waals surface area contributed by atoms with E-state index in [4.69, 9.17) is 16.3 Å². The van der Waals surface area contributed by atoms with E-state index in [-0.39, 0.29) is 23.7 Å². The fraction of sp³-hybridized carbons (Fsp3) is 0.450. The molecule has 6 nitrogen and oxygen atoms in total. The van der Waals surface area contributed by atoms with E-state index in [0.29, 0.717) is 42.2 Å². The number of aromatic nitrogens is 2. The Bertz CT molecular complexity index is 882. The Morgan fingerprint density at radius 1 is 1.25 bits per heavy atom. The first kappa shape index (κ1) is 19.1. The second-order valence-corrected chi connectivity index (χ2v) is 8.03. The SMILES string of the molecule is CC(=O)c1ccn(C(=O)N2C[C@H]3CC(OCc4cc(F)cc(Cl)c4)C[C@H]3C2)n1. The number of benzene rings is 1. The van der Waals surface area contributed by atoms with Gasteiger partial charge in [-0.2, -0.15) is 9.78 Å². The number of nitrogens with zero attached hydrogens (tertiary/aromatic N) is 3. The average Bonchev–Trinajstić information content (AvgIpc) is 3.33. The van der Waals surface area contributed by atoms with Crippen molar-refractivity contribution in [2.24, 2.45) is 11.8 Å². The van der Waals surface area contributed by atoms with Gasteiger partial charge in [0, 0.05) is 31.2 Å². The van der Waals surface area contributed by atoms with Crippen LogP contribution in [0.25, 0.3) is 0 Å². The minimum atomic E-state index is -0.366. The molecule has 4 rings (SSSR count). The summed E-state index contributed by atoms with van der Waals surface area (Å²) in [6.45, 7) is 3.06. The molecule has 1 aromatic carbocycles. The molecule has 2 aliphatic rings. The number of Topliss-reactive ketones (excluding diaryl/α,β-unsaturated/α-hetero) is 1. The van der Waals surface area contributed by atoms with Gasteiger partial charge in [0.25, 0.3) is 0 Å². The third kappa shape index (κ3) is 3.95. The van der Waals surface area contributed by atoms with E-state index in [1.807, 2.05) is 0 Å². The number of rotatable bonds is 4. The number of halogens is 2. The number of ketones is 1. The number of ether oxygens (including phenoxy) is 1. The lowest BCUT2D eigenvalue weighted by atomic mass is 10.0. The number of amides is 1. The van der Waals surface area contributed by atoms with Crippen LogP contribution in [0.5, 0.6) is 0 Å². The van der Waals surface area contributed by atoms with Gasteiger partial charge in [-0.15, -0.1) is 0 Å². The molecule has 0 spiro atoms. The molecule has 1 aliphatic carbocycles. The van der Waals surface area contributed by atoms with Gasteiger partial charge in [-0.3, -0.25) is 4.79 Å². The maximum Gasteiger partial charge on any atom is 0.344 e. The van der Waals surface area contributed by atoms with Gasteiger partial charge in [-0.1, -0.05) is 11.6 Å². The van der Waals surface area contributed by atoms with Gasteiger partial charge in [-0.25, -0.2) is 9.18 Å². The Kier molecular flexibility index (Phi) is 5.21. The van der Waals surface area contributed by atoms with Crippen LogP contribution in [0.1, 0.15) is 35.8 Å². The van der Waals surface area contributed by atoms with Gasteiger partial charge in [0.2, 0.25) is 0 Å². The summed E-state index contributed by atoms with van der Waals surface area (Å²) in [6.07, 6.45) is 3.37. The van der Waals surface area contributed by atoms with E-state index in [1.54, 1.807) is 17.0 Å². The summed E-state index contributed by atoms with van der Waals surface area (Å²) in [7, 11) is 0. The van der Waals surface area contributed by atoms with Crippen molar-refractivity contribution in [1.29, 1.82) is 0 Å². The van der Waals surface area contributed by atoms with E-state index in [0.717, 1.165) is 18.4 Å². The lowest BCUT2D eigenvalue weighted by molar-refractivity contribution is 0.0382. The highest BCUT2D eigenvalue weighted by Gasteiger charge is 2.43. The van der Waals surface area contributed by atoms with E-state index in [1.165, 1.54) is 29.9 Å². The molecule has 8 heteroatoms. The Balaban J connectivity index is 1.30. The fourth-order valence-corrected chi connectivity index (χ4v) is 4.45. The second-order valence-electron chi connectivity index (χ2n) is 7.59. The molecule has 2 heterocycles. The number of fused-ring (bicyclic) bond motifs is 1. The van der Waals surface area contributed by atoms with Gasteiger partial charge < -0.3 is 9.64 Å². The predicted molar refractivity (Wildman–Crippen MR) is 101 cm³/mol. The largest absolute Gasteiger partial charge is 0.374 e. The lowest BCUT2D eigenvalue weighted by Gasteiger charge is -2.19. The van der Waals surface area contributed by atoms with Crippen LogP contribution in [0.4, 0.5) is 9.18 Å². The van der Waals surface area contributed by atoms with E-state index < -0.39 is 0 Å². The van der Waals surface area contributed by atoms with Crippen LogP contribution in [0.15, 0.2) is 30.5 Å². The molecule has 28 heavy (non-hydrogen) atoms. The van der Waals surface area contributed by atoms with Crippen LogP contribution in [0.3, 0.4) is 0 Å². The van der Waals surface area contributed by atoms with Crippen molar-refractivity contribution >= 4 is 23.4 Å². The fourth-order valence-electron chi connectivity index (χ4n) is 4.21. The summed E-state index contributed by atoms with van der Waals surface area (Å²) in [4.78, 5) is 25.7. The molecule has 1 saturated carbocycles. The minimum absolute atomic E-state index is 0.100. The number of likely N-dealkylation sites (tertiary alicyclic amines) is 1. The number of carbonyl (C=O) groups is 2. The quantitative estimate of drug-likeness (QED) is 0.726. The zero-order valence-corrected chi connectivity index (χ0v) is 16.2. The van der Waals surface area contributed by atoms with Crippen molar-refractivity contribution in [3.05, 3.63) is 52.6 Å². The lowest BCUT2D eigenvalue weighted by Crippen LogP contribution is -2.34. The summed E-state index contributed by atoms with van der Waals surface area (Å²) in [6, 6.07) is 5.77. The molecular weight excluding hydrogens is 385 g/mol. The standard InChI is InChI=1S/C20H21ClFN3O3/c1-12(26)19-2-3-25(23-19)20(27)24-9-14-6-18(7-15(14)10-24)28-11-13-4-16(21)8-17(22)5-13/h2-5,8,14-15,18H,6-7,9-11H2,1H3/t14-,15+,18?. The maximum absolute atomic E-state index is 13.4. The number of hydrogen-bond acceptors (Lipinski definition) is 4. The molecular formula is C20H21ClFN3O3. The Morgan fingerprint density at radius 2 is 1.96 bits per heavy atom. The van der Waals surface area contributed by atoms with Crippen molar-refractivity contribution in [3.63, 3.8) is 0 Å². The van der Waals surface area contributed by atoms with Gasteiger partial charge >= 0.3 is 6.03 Å². The zero-order valence-electron chi connectivity index (χ0n) is 15.5. The molecule has 0 radical (unpaired) electrons. The molecule has 1 aliphatic heterocycles. The van der Waals surface area contributed by atoms with Crippen molar-refractivity contribution in [2.75, 3.05) is 13.1 Å². The maximum atomic E-state index is 13.4. The van der Waals surface area contributed by atoms with Crippen molar-refractivity contribution in [1.82, 2.24) is 14.7 Å². The highest BCUT2D eigenvalue weighted by atomic mass is 35.5. The molecule has 0 N–H and O–H groups in total. The molecule has 148 valence electrons. The van der Waals surface area contributed by atoms with Gasteiger partial charge in [0.05, 0.1) is 12.7 Å². The summed E-state index contributed by atoms with van der Waals surface area (Å²) in [5.74, 6) is 0.236. The molecule has 0 bridgehead atoms. The molecule has 1 saturated heterocycles. The smallest absolute Gasteiger partial charge is 0.344 e. The Labute approximate surface area is 167 Å². The Morgan fingerprint density at radius 3 is 2.57 bits per heavy atom. The topological polar surface area (TPSA) is 64.4 Å². The van der Waals surface area contributed by atoms with Gasteiger partial charge in [-0.05, 0) is 54.5 Å². The third-order valence-corrected chi connectivity index (χ3v) is 5.75. The van der Waals surface area contributed by atoms with E-state index >= 15 is 0 Å². The van der Waals surface area contributed by atoms with Crippen molar-refractivity contribution < 1.29 is 18.7 Å². The summed E-state index contributed by atoms with van der Waals surface area (Å²) in [5, 5.41) is 4.41. The van der Waals surface area contributed by atoms with Crippen LogP contribution < -0.4 is 0 Å². The highest BCUT2D eigenvalue weighted by molar-refractivity contribution is 6.30. The monoisotopic (exact) mass is 405 g/mol. The average molecular weight is 406 g/mol. The van der Waals surface area contributed by atoms with Gasteiger partial charge in [0.15, 0.2) is 5.78 Å². The molecule has 3 atom stereocenters. The molecule has 1 amide bonds. The van der Waals surface area contributed by atoms with Crippen LogP contribution in [-0.2, 0) is 11.3 Å². The first-order valence-corrected chi connectivity index (χ1v) is 9.69. The summed E-state index contributed by atoms with van der Waals surface area (Å²) < 4.78 is 20.6. The van der Waals surface area contributed by atoms with Crippen molar-refractivity contribution in [2.45, 2.75) is 32.5 Å². The zero-order chi connectivity index (χ0) is 19.8. The van der Waals surface area contributed by atoms with E-state index in [2.05, 4.69) is 5.10 Å². The normalized spacial score (nSPS) is 23.8. The summed E-state index contributed by atoms with van der Waals surface area (Å²) in [5.41, 5.74) is 1.01. The van der Waals surface area contributed by atoms with Crippen LogP contribution in [-0.4, -0.2) is 45.7 Å². The minimum Gasteiger partial charge on any atom is -0.374 e. The van der Waals surface area contributed by atoms with Crippen LogP contribution in [0, 0.1) is 17.7 Å². The third-order valence-electron chi connectivity index (χ3n) is 5.53. The predicted octanol–water partition coefficient (Wildman–Crippen LogP) is 3.77. The van der Waals surface area contributed by atoms with Crippen LogP contribution in [0.2, 0.25) is 5.02 Å². The summed E-state index contributed by atoms with van der Waals surface area (Å²) >= 11 is 5.88. The molecule has 2 aromatic rings.